The monoisotopic (exact) mass is 480 g/mol. The fourth-order valence-corrected chi connectivity index (χ4v) is 5.80. The van der Waals surface area contributed by atoms with E-state index in [2.05, 4.69) is 40.3 Å². The molecule has 186 valence electrons. The van der Waals surface area contributed by atoms with Gasteiger partial charge in [0.2, 0.25) is 6.29 Å². The molecule has 0 spiro atoms. The second-order valence-electron chi connectivity index (χ2n) is 9.44. The minimum absolute atomic E-state index is 0.138. The molecule has 0 aliphatic carbocycles. The first-order chi connectivity index (χ1) is 17.0. The van der Waals surface area contributed by atoms with Gasteiger partial charge in [0.05, 0.1) is 24.4 Å². The Morgan fingerprint density at radius 2 is 2.06 bits per heavy atom. The zero-order valence-corrected chi connectivity index (χ0v) is 20.4. The maximum Gasteiger partial charge on any atom is 0.228 e. The third-order valence-electron chi connectivity index (χ3n) is 7.64. The van der Waals surface area contributed by atoms with Crippen LogP contribution in [0.1, 0.15) is 19.8 Å². The lowest BCUT2D eigenvalue weighted by Gasteiger charge is -2.54. The number of halogens is 1. The molecule has 2 saturated heterocycles. The van der Waals surface area contributed by atoms with Crippen molar-refractivity contribution in [2.75, 3.05) is 38.3 Å². The molecular weight excluding hydrogens is 445 g/mol. The first-order valence-corrected chi connectivity index (χ1v) is 12.3. The summed E-state index contributed by atoms with van der Waals surface area (Å²) in [5.41, 5.74) is 16.2. The number of benzene rings is 2. The lowest BCUT2D eigenvalue weighted by Crippen LogP contribution is -2.81. The van der Waals surface area contributed by atoms with Crippen molar-refractivity contribution in [3.63, 3.8) is 0 Å². The summed E-state index contributed by atoms with van der Waals surface area (Å²) in [6, 6.07) is 15.6. The molecule has 9 heteroatoms. The van der Waals surface area contributed by atoms with Gasteiger partial charge in [-0.05, 0) is 50.2 Å². The molecule has 2 aliphatic rings. The van der Waals surface area contributed by atoms with E-state index in [9.17, 15) is 4.39 Å². The van der Waals surface area contributed by atoms with Crippen molar-refractivity contribution in [2.45, 2.75) is 38.4 Å². The number of likely N-dealkylation sites (N-methyl/N-ethyl adjacent to an activating group) is 1. The number of nitrogens with two attached hydrogens (primary N) is 2. The molecule has 0 saturated carbocycles. The number of para-hydroxylation sites is 1. The smallest absolute Gasteiger partial charge is 0.228 e. The average Bonchev–Trinajstić information content (AvgIpc) is 3.33. The van der Waals surface area contributed by atoms with Gasteiger partial charge in [-0.3, -0.25) is 26.3 Å². The summed E-state index contributed by atoms with van der Waals surface area (Å²) in [4.78, 5) is 8.87. The molecule has 4 atom stereocenters. The lowest BCUT2D eigenvalue weighted by molar-refractivity contribution is 0.0896. The van der Waals surface area contributed by atoms with Gasteiger partial charge in [0, 0.05) is 23.7 Å². The van der Waals surface area contributed by atoms with Crippen molar-refractivity contribution in [1.82, 2.24) is 19.7 Å². The van der Waals surface area contributed by atoms with E-state index in [0.29, 0.717) is 22.9 Å². The van der Waals surface area contributed by atoms with Crippen LogP contribution >= 0.6 is 0 Å². The van der Waals surface area contributed by atoms with Gasteiger partial charge in [-0.25, -0.2) is 14.2 Å². The van der Waals surface area contributed by atoms with Crippen molar-refractivity contribution in [3.05, 3.63) is 60.5 Å². The van der Waals surface area contributed by atoms with Crippen molar-refractivity contribution in [2.24, 2.45) is 11.5 Å². The van der Waals surface area contributed by atoms with Gasteiger partial charge in [-0.1, -0.05) is 19.1 Å². The number of methoxy groups -OCH3 is 1. The highest BCUT2D eigenvalue weighted by molar-refractivity contribution is 5.82. The van der Waals surface area contributed by atoms with Gasteiger partial charge in [-0.15, -0.1) is 0 Å². The number of rotatable bonds is 6. The SMILES string of the molecule is CCN1CCCC1C[N+]1(c2ccc3ncccc3c2)CNC(N)N(c2cccc(F)c2OC)C1N. The van der Waals surface area contributed by atoms with E-state index in [1.807, 2.05) is 23.1 Å². The fraction of sp³-hybridized carbons (Fsp3) is 0.423. The molecule has 5 N–H and O–H groups in total. The highest BCUT2D eigenvalue weighted by atomic mass is 19.1. The molecule has 0 bridgehead atoms. The number of nitrogens with one attached hydrogen (secondary N) is 1. The molecule has 3 heterocycles. The van der Waals surface area contributed by atoms with E-state index >= 15 is 0 Å². The first kappa shape index (κ1) is 23.9. The molecule has 2 aliphatic heterocycles. The molecular formula is C26H35FN7O+. The van der Waals surface area contributed by atoms with Crippen LogP contribution in [0.25, 0.3) is 10.9 Å². The Bertz CT molecular complexity index is 1190. The van der Waals surface area contributed by atoms with Crippen LogP contribution in [0, 0.1) is 5.82 Å². The summed E-state index contributed by atoms with van der Waals surface area (Å²) in [7, 11) is 1.46. The molecule has 2 aromatic carbocycles. The zero-order valence-electron chi connectivity index (χ0n) is 20.4. The Balaban J connectivity index is 1.64. The number of hydrogen-bond donors (Lipinski definition) is 3. The second-order valence-corrected chi connectivity index (χ2v) is 9.44. The minimum Gasteiger partial charge on any atom is -0.492 e. The normalized spacial score (nSPS) is 27.5. The second kappa shape index (κ2) is 9.67. The Labute approximate surface area is 205 Å². The Hall–Kier alpha value is -2.82. The molecule has 5 rings (SSSR count). The maximum atomic E-state index is 14.7. The summed E-state index contributed by atoms with van der Waals surface area (Å²) in [6.07, 6.45) is 2.92. The number of likely N-dealkylation sites (tertiary alicyclic amines) is 1. The van der Waals surface area contributed by atoms with Crippen molar-refractivity contribution in [3.8, 4) is 5.75 Å². The summed E-state index contributed by atoms with van der Waals surface area (Å²) in [6.45, 7) is 5.64. The topological polar surface area (TPSA) is 92.7 Å². The van der Waals surface area contributed by atoms with Crippen LogP contribution in [-0.4, -0.2) is 61.9 Å². The van der Waals surface area contributed by atoms with E-state index in [0.717, 1.165) is 42.6 Å². The van der Waals surface area contributed by atoms with Gasteiger partial charge < -0.3 is 4.74 Å². The number of fused-ring (bicyclic) bond motifs is 1. The van der Waals surface area contributed by atoms with Crippen LogP contribution in [0.5, 0.6) is 5.75 Å². The molecule has 35 heavy (non-hydrogen) atoms. The Morgan fingerprint density at radius 1 is 1.20 bits per heavy atom. The molecule has 2 fully saturated rings. The quantitative estimate of drug-likeness (QED) is 0.467. The number of quaternary nitrogens is 1. The molecule has 1 aromatic heterocycles. The zero-order chi connectivity index (χ0) is 24.6. The number of ether oxygens (including phenoxy) is 1. The standard InChI is InChI=1S/C26H35FN7O/c1-3-32-14-6-8-19(32)16-34(20-11-12-22-18(15-20)7-5-13-30-22)17-31-25(28)33(26(34)29)23-10-4-9-21(27)24(23)35-2/h4-5,7,9-13,15,19,25-26,31H,3,6,8,14,16-17,28-29H2,1-2H3/q+1. The van der Waals surface area contributed by atoms with E-state index < -0.39 is 18.4 Å². The van der Waals surface area contributed by atoms with Crippen molar-refractivity contribution >= 4 is 22.3 Å². The third-order valence-corrected chi connectivity index (χ3v) is 7.64. The summed E-state index contributed by atoms with van der Waals surface area (Å²) >= 11 is 0. The van der Waals surface area contributed by atoms with Gasteiger partial charge in [0.15, 0.2) is 11.6 Å². The van der Waals surface area contributed by atoms with Gasteiger partial charge in [-0.2, -0.15) is 0 Å². The van der Waals surface area contributed by atoms with E-state index in [1.165, 1.54) is 19.6 Å². The molecule has 0 amide bonds. The van der Waals surface area contributed by atoms with E-state index in [1.54, 1.807) is 12.3 Å². The van der Waals surface area contributed by atoms with Crippen LogP contribution in [0.4, 0.5) is 15.8 Å². The van der Waals surface area contributed by atoms with Gasteiger partial charge in [0.1, 0.15) is 25.2 Å². The number of anilines is 1. The summed E-state index contributed by atoms with van der Waals surface area (Å²) < 4.78 is 20.6. The van der Waals surface area contributed by atoms with Gasteiger partial charge in [0.25, 0.3) is 0 Å². The number of aromatic nitrogens is 1. The average molecular weight is 481 g/mol. The highest BCUT2D eigenvalue weighted by Gasteiger charge is 2.49. The molecule has 0 radical (unpaired) electrons. The maximum absolute atomic E-state index is 14.7. The molecule has 4 unspecified atom stereocenters. The Morgan fingerprint density at radius 3 is 2.86 bits per heavy atom. The minimum atomic E-state index is -0.597. The van der Waals surface area contributed by atoms with E-state index in [-0.39, 0.29) is 5.75 Å². The number of pyridine rings is 1. The Kier molecular flexibility index (Phi) is 6.61. The predicted octanol–water partition coefficient (Wildman–Crippen LogP) is 2.73. The van der Waals surface area contributed by atoms with Gasteiger partial charge >= 0.3 is 0 Å². The van der Waals surface area contributed by atoms with E-state index in [4.69, 9.17) is 16.2 Å². The molecule has 8 nitrogen and oxygen atoms in total. The van der Waals surface area contributed by atoms with Crippen LogP contribution in [0.3, 0.4) is 0 Å². The van der Waals surface area contributed by atoms with Crippen LogP contribution in [0.15, 0.2) is 54.7 Å². The molecule has 3 aromatic rings. The predicted molar refractivity (Wildman–Crippen MR) is 138 cm³/mol. The highest BCUT2D eigenvalue weighted by Crippen LogP contribution is 2.39. The largest absolute Gasteiger partial charge is 0.492 e. The number of hydrogen-bond acceptors (Lipinski definition) is 7. The van der Waals surface area contributed by atoms with Crippen molar-refractivity contribution < 1.29 is 9.13 Å². The fourth-order valence-electron chi connectivity index (χ4n) is 5.80. The summed E-state index contributed by atoms with van der Waals surface area (Å²) in [5.74, 6) is -0.309. The van der Waals surface area contributed by atoms with Crippen LogP contribution in [-0.2, 0) is 0 Å². The first-order valence-electron chi connectivity index (χ1n) is 12.3. The third kappa shape index (κ3) is 4.13. The summed E-state index contributed by atoms with van der Waals surface area (Å²) in [5, 5.41) is 4.51. The van der Waals surface area contributed by atoms with Crippen LogP contribution < -0.4 is 30.9 Å². The number of nitrogens with zero attached hydrogens (tertiary/aromatic N) is 4. The van der Waals surface area contributed by atoms with Crippen LogP contribution in [0.2, 0.25) is 0 Å². The van der Waals surface area contributed by atoms with Crippen molar-refractivity contribution in [1.29, 1.82) is 0 Å². The lowest BCUT2D eigenvalue weighted by atomic mass is 10.1.